The lowest BCUT2D eigenvalue weighted by Crippen LogP contribution is -2.14. The highest BCUT2D eigenvalue weighted by Crippen LogP contribution is 2.30. The summed E-state index contributed by atoms with van der Waals surface area (Å²) in [7, 11) is 0. The summed E-state index contributed by atoms with van der Waals surface area (Å²) in [5.74, 6) is -0.000395. The first-order valence-corrected chi connectivity index (χ1v) is 9.70. The van der Waals surface area contributed by atoms with Crippen LogP contribution in [-0.4, -0.2) is 16.8 Å². The van der Waals surface area contributed by atoms with Crippen molar-refractivity contribution in [3.8, 4) is 0 Å². The summed E-state index contributed by atoms with van der Waals surface area (Å²) < 4.78 is 0. The minimum atomic E-state index is -0.212. The van der Waals surface area contributed by atoms with Crippen molar-refractivity contribution in [2.75, 3.05) is 10.6 Å². The maximum Gasteiger partial charge on any atom is 0.257 e. The smallest absolute Gasteiger partial charge is 0.257 e. The Hall–Kier alpha value is -2.99. The Morgan fingerprint density at radius 1 is 1.00 bits per heavy atom. The zero-order valence-corrected chi connectivity index (χ0v) is 15.5. The molecule has 2 amide bonds. The van der Waals surface area contributed by atoms with Crippen LogP contribution in [0.2, 0.25) is 0 Å². The van der Waals surface area contributed by atoms with Crippen molar-refractivity contribution in [1.29, 1.82) is 0 Å². The van der Waals surface area contributed by atoms with Crippen LogP contribution < -0.4 is 10.6 Å². The highest BCUT2D eigenvalue weighted by molar-refractivity contribution is 7.15. The molecule has 5 nitrogen and oxygen atoms in total. The first-order valence-electron chi connectivity index (χ1n) is 8.88. The molecule has 2 N–H and O–H groups in total. The second-order valence-corrected chi connectivity index (χ2v) is 7.70. The Morgan fingerprint density at radius 3 is 2.44 bits per heavy atom. The van der Waals surface area contributed by atoms with Gasteiger partial charge in [-0.15, -0.1) is 11.3 Å². The van der Waals surface area contributed by atoms with Crippen LogP contribution in [0, 0.1) is 5.92 Å². The fourth-order valence-electron chi connectivity index (χ4n) is 2.71. The molecule has 0 unspecified atom stereocenters. The molecule has 0 aliphatic heterocycles. The highest BCUT2D eigenvalue weighted by atomic mass is 32.1. The Morgan fingerprint density at radius 2 is 1.74 bits per heavy atom. The molecule has 3 aromatic rings. The van der Waals surface area contributed by atoms with Crippen molar-refractivity contribution >= 4 is 34.0 Å². The SMILES string of the molecule is O=C(Nc1ncc(Cc2ccccc2)s1)c1ccc(NC(=O)C2CC2)cc1. The van der Waals surface area contributed by atoms with Gasteiger partial charge in [-0.2, -0.15) is 0 Å². The number of aromatic nitrogens is 1. The van der Waals surface area contributed by atoms with Crippen molar-refractivity contribution in [3.63, 3.8) is 0 Å². The number of amides is 2. The van der Waals surface area contributed by atoms with Crippen LogP contribution in [-0.2, 0) is 11.2 Å². The molecule has 6 heteroatoms. The van der Waals surface area contributed by atoms with Crippen LogP contribution in [0.3, 0.4) is 0 Å². The molecule has 27 heavy (non-hydrogen) atoms. The van der Waals surface area contributed by atoms with Gasteiger partial charge in [-0.25, -0.2) is 4.98 Å². The Bertz CT molecular complexity index is 947. The number of anilines is 2. The average molecular weight is 377 g/mol. The van der Waals surface area contributed by atoms with Gasteiger partial charge in [0.15, 0.2) is 5.13 Å². The molecule has 136 valence electrons. The van der Waals surface area contributed by atoms with Gasteiger partial charge in [0.2, 0.25) is 5.91 Å². The van der Waals surface area contributed by atoms with Gasteiger partial charge < -0.3 is 5.32 Å². The molecule has 1 aliphatic carbocycles. The largest absolute Gasteiger partial charge is 0.326 e. The van der Waals surface area contributed by atoms with Gasteiger partial charge in [0.25, 0.3) is 5.91 Å². The maximum atomic E-state index is 12.4. The van der Waals surface area contributed by atoms with E-state index in [4.69, 9.17) is 0 Å². The molecule has 0 atom stereocenters. The lowest BCUT2D eigenvalue weighted by Gasteiger charge is -2.06. The van der Waals surface area contributed by atoms with Crippen LogP contribution in [0.4, 0.5) is 10.8 Å². The predicted octanol–water partition coefficient (Wildman–Crippen LogP) is 4.33. The summed E-state index contributed by atoms with van der Waals surface area (Å²) in [5, 5.41) is 6.28. The monoisotopic (exact) mass is 377 g/mol. The second kappa shape index (κ2) is 7.72. The van der Waals surface area contributed by atoms with E-state index in [1.54, 1.807) is 30.5 Å². The van der Waals surface area contributed by atoms with E-state index >= 15 is 0 Å². The first kappa shape index (κ1) is 17.4. The highest BCUT2D eigenvalue weighted by Gasteiger charge is 2.29. The van der Waals surface area contributed by atoms with E-state index in [9.17, 15) is 9.59 Å². The summed E-state index contributed by atoms with van der Waals surface area (Å²) in [4.78, 5) is 29.6. The van der Waals surface area contributed by atoms with Crippen molar-refractivity contribution < 1.29 is 9.59 Å². The third kappa shape index (κ3) is 4.60. The standard InChI is InChI=1S/C21H19N3O2S/c25-19(15-6-7-15)23-17-10-8-16(9-11-17)20(26)24-21-22-13-18(27-21)12-14-4-2-1-3-5-14/h1-5,8-11,13,15H,6-7,12H2,(H,23,25)(H,22,24,26). The minimum absolute atomic E-state index is 0.0564. The molecule has 1 heterocycles. The fraction of sp³-hybridized carbons (Fsp3) is 0.190. The van der Waals surface area contributed by atoms with E-state index in [1.165, 1.54) is 16.9 Å². The second-order valence-electron chi connectivity index (χ2n) is 6.59. The Kier molecular flexibility index (Phi) is 4.98. The molecule has 0 saturated heterocycles. The molecule has 0 spiro atoms. The van der Waals surface area contributed by atoms with E-state index in [0.717, 1.165) is 24.1 Å². The normalized spacial score (nSPS) is 13.2. The van der Waals surface area contributed by atoms with Gasteiger partial charge in [-0.3, -0.25) is 14.9 Å². The molecule has 4 rings (SSSR count). The van der Waals surface area contributed by atoms with E-state index in [2.05, 4.69) is 27.8 Å². The third-order valence-electron chi connectivity index (χ3n) is 4.36. The number of nitrogens with one attached hydrogen (secondary N) is 2. The summed E-state index contributed by atoms with van der Waals surface area (Å²) in [6.45, 7) is 0. The van der Waals surface area contributed by atoms with E-state index in [-0.39, 0.29) is 17.7 Å². The number of benzene rings is 2. The number of rotatable bonds is 6. The minimum Gasteiger partial charge on any atom is -0.326 e. The Balaban J connectivity index is 1.35. The van der Waals surface area contributed by atoms with Crippen LogP contribution in [0.1, 0.15) is 33.6 Å². The van der Waals surface area contributed by atoms with Crippen molar-refractivity contribution in [2.45, 2.75) is 19.3 Å². The molecular weight excluding hydrogens is 358 g/mol. The number of thiazole rings is 1. The Labute approximate surface area is 161 Å². The van der Waals surface area contributed by atoms with Gasteiger partial charge in [-0.1, -0.05) is 30.3 Å². The molecule has 1 aromatic heterocycles. The van der Waals surface area contributed by atoms with Crippen LogP contribution in [0.15, 0.2) is 60.8 Å². The van der Waals surface area contributed by atoms with Crippen LogP contribution in [0.5, 0.6) is 0 Å². The van der Waals surface area contributed by atoms with E-state index in [0.29, 0.717) is 16.4 Å². The number of hydrogen-bond acceptors (Lipinski definition) is 4. The summed E-state index contributed by atoms with van der Waals surface area (Å²) in [5.41, 5.74) is 2.45. The molecule has 2 aromatic carbocycles. The van der Waals surface area contributed by atoms with Gasteiger partial charge >= 0.3 is 0 Å². The summed E-state index contributed by atoms with van der Waals surface area (Å²) in [6.07, 6.45) is 4.52. The predicted molar refractivity (Wildman–Crippen MR) is 107 cm³/mol. The topological polar surface area (TPSA) is 71.1 Å². The quantitative estimate of drug-likeness (QED) is 0.671. The van der Waals surface area contributed by atoms with Gasteiger partial charge in [0.05, 0.1) is 0 Å². The summed E-state index contributed by atoms with van der Waals surface area (Å²) >= 11 is 1.47. The zero-order chi connectivity index (χ0) is 18.6. The van der Waals surface area contributed by atoms with Crippen molar-refractivity contribution in [2.24, 2.45) is 5.92 Å². The zero-order valence-electron chi connectivity index (χ0n) is 14.6. The number of nitrogens with zero attached hydrogens (tertiary/aromatic N) is 1. The third-order valence-corrected chi connectivity index (χ3v) is 5.27. The van der Waals surface area contributed by atoms with Crippen molar-refractivity contribution in [3.05, 3.63) is 76.8 Å². The first-order chi connectivity index (χ1) is 13.2. The van der Waals surface area contributed by atoms with E-state index < -0.39 is 0 Å². The fourth-order valence-corrected chi connectivity index (χ4v) is 3.55. The van der Waals surface area contributed by atoms with Gasteiger partial charge in [-0.05, 0) is 42.7 Å². The van der Waals surface area contributed by atoms with Gasteiger partial charge in [0.1, 0.15) is 0 Å². The molecule has 1 aliphatic rings. The molecule has 1 saturated carbocycles. The maximum absolute atomic E-state index is 12.4. The lowest BCUT2D eigenvalue weighted by molar-refractivity contribution is -0.117. The lowest BCUT2D eigenvalue weighted by atomic mass is 10.1. The molecule has 0 bridgehead atoms. The molecule has 0 radical (unpaired) electrons. The van der Waals surface area contributed by atoms with Gasteiger partial charge in [0, 0.05) is 34.7 Å². The van der Waals surface area contributed by atoms with Crippen LogP contribution >= 0.6 is 11.3 Å². The van der Waals surface area contributed by atoms with Crippen molar-refractivity contribution in [1.82, 2.24) is 4.98 Å². The van der Waals surface area contributed by atoms with Crippen LogP contribution in [0.25, 0.3) is 0 Å². The van der Waals surface area contributed by atoms with E-state index in [1.807, 2.05) is 18.2 Å². The average Bonchev–Trinajstić information content (AvgIpc) is 3.45. The summed E-state index contributed by atoms with van der Waals surface area (Å²) in [6, 6.07) is 17.1. The molecular formula is C21H19N3O2S. The molecule has 1 fully saturated rings. The number of carbonyl (C=O) groups excluding carboxylic acids is 2. The number of hydrogen-bond donors (Lipinski definition) is 2. The number of carbonyl (C=O) groups is 2.